The molecule has 0 spiro atoms. The lowest BCUT2D eigenvalue weighted by atomic mass is 10.1. The summed E-state index contributed by atoms with van der Waals surface area (Å²) in [6.07, 6.45) is 0.678. The first kappa shape index (κ1) is 17.7. The van der Waals surface area contributed by atoms with Crippen molar-refractivity contribution in [3.63, 3.8) is 0 Å². The Bertz CT molecular complexity index is 972. The number of carbonyl (C=O) groups is 1. The Morgan fingerprint density at radius 1 is 1.08 bits per heavy atom. The average molecular weight is 350 g/mol. The van der Waals surface area contributed by atoms with E-state index in [1.807, 2.05) is 44.2 Å². The van der Waals surface area contributed by atoms with Crippen LogP contribution >= 0.6 is 0 Å². The van der Waals surface area contributed by atoms with E-state index in [0.717, 1.165) is 22.3 Å². The fourth-order valence-corrected chi connectivity index (χ4v) is 2.90. The number of pyridine rings is 1. The minimum atomic E-state index is -0.292. The Morgan fingerprint density at radius 2 is 1.81 bits per heavy atom. The SMILES string of the molecule is Cc1cccc(C)c1OCCCNC(=O)c1cc2ccccc2c(=O)[nH]1. The van der Waals surface area contributed by atoms with Crippen LogP contribution in [0.1, 0.15) is 28.0 Å². The van der Waals surface area contributed by atoms with Gasteiger partial charge < -0.3 is 15.0 Å². The van der Waals surface area contributed by atoms with E-state index in [-0.39, 0.29) is 17.2 Å². The lowest BCUT2D eigenvalue weighted by Gasteiger charge is -2.12. The summed E-state index contributed by atoms with van der Waals surface area (Å²) < 4.78 is 5.82. The van der Waals surface area contributed by atoms with Gasteiger partial charge in [0, 0.05) is 11.9 Å². The highest BCUT2D eigenvalue weighted by Crippen LogP contribution is 2.22. The number of benzene rings is 2. The van der Waals surface area contributed by atoms with Gasteiger partial charge >= 0.3 is 0 Å². The first-order valence-electron chi connectivity index (χ1n) is 8.65. The number of hydrogen-bond donors (Lipinski definition) is 2. The maximum absolute atomic E-state index is 12.3. The van der Waals surface area contributed by atoms with Crippen molar-refractivity contribution in [1.82, 2.24) is 10.3 Å². The molecular weight excluding hydrogens is 328 g/mol. The summed E-state index contributed by atoms with van der Waals surface area (Å²) in [5.74, 6) is 0.609. The zero-order valence-corrected chi connectivity index (χ0v) is 15.0. The second-order valence-electron chi connectivity index (χ2n) is 6.28. The van der Waals surface area contributed by atoms with E-state index < -0.39 is 0 Å². The molecule has 0 saturated carbocycles. The average Bonchev–Trinajstić information content (AvgIpc) is 2.63. The van der Waals surface area contributed by atoms with Gasteiger partial charge in [0.1, 0.15) is 11.4 Å². The van der Waals surface area contributed by atoms with Gasteiger partial charge in [-0.3, -0.25) is 9.59 Å². The van der Waals surface area contributed by atoms with E-state index in [0.29, 0.717) is 25.0 Å². The van der Waals surface area contributed by atoms with E-state index >= 15 is 0 Å². The molecule has 3 aromatic rings. The highest BCUT2D eigenvalue weighted by molar-refractivity contribution is 5.96. The van der Waals surface area contributed by atoms with Gasteiger partial charge in [0.25, 0.3) is 11.5 Å². The zero-order chi connectivity index (χ0) is 18.5. The van der Waals surface area contributed by atoms with E-state index in [4.69, 9.17) is 4.74 Å². The summed E-state index contributed by atoms with van der Waals surface area (Å²) in [6, 6.07) is 14.9. The first-order chi connectivity index (χ1) is 12.6. The summed E-state index contributed by atoms with van der Waals surface area (Å²) in [5.41, 5.74) is 2.21. The minimum Gasteiger partial charge on any atom is -0.493 e. The number of nitrogens with one attached hydrogen (secondary N) is 2. The van der Waals surface area contributed by atoms with Crippen LogP contribution in [0, 0.1) is 13.8 Å². The van der Waals surface area contributed by atoms with E-state index in [1.165, 1.54) is 0 Å². The molecule has 1 aromatic heterocycles. The van der Waals surface area contributed by atoms with Crippen LogP contribution in [0.15, 0.2) is 53.3 Å². The van der Waals surface area contributed by atoms with Gasteiger partial charge in [0.15, 0.2) is 0 Å². The molecule has 2 N–H and O–H groups in total. The number of aryl methyl sites for hydroxylation is 2. The zero-order valence-electron chi connectivity index (χ0n) is 15.0. The summed E-state index contributed by atoms with van der Waals surface area (Å²) in [6.45, 7) is 5.01. The maximum atomic E-state index is 12.3. The molecule has 0 atom stereocenters. The third kappa shape index (κ3) is 3.94. The topological polar surface area (TPSA) is 71.2 Å². The third-order valence-corrected chi connectivity index (χ3v) is 4.26. The molecule has 0 fully saturated rings. The molecule has 1 heterocycles. The summed E-state index contributed by atoms with van der Waals surface area (Å²) in [7, 11) is 0. The normalized spacial score (nSPS) is 10.7. The van der Waals surface area contributed by atoms with Gasteiger partial charge in [-0.05, 0) is 48.9 Å². The Morgan fingerprint density at radius 3 is 2.58 bits per heavy atom. The summed E-state index contributed by atoms with van der Waals surface area (Å²) in [4.78, 5) is 26.9. The molecule has 5 heteroatoms. The van der Waals surface area contributed by atoms with Crippen LogP contribution < -0.4 is 15.6 Å². The molecule has 2 aromatic carbocycles. The van der Waals surface area contributed by atoms with Crippen LogP contribution in [-0.4, -0.2) is 24.0 Å². The number of amides is 1. The first-order valence-corrected chi connectivity index (χ1v) is 8.65. The standard InChI is InChI=1S/C21H22N2O3/c1-14-7-5-8-15(2)19(14)26-12-6-11-22-21(25)18-13-16-9-3-4-10-17(16)20(24)23-18/h3-5,7-10,13H,6,11-12H2,1-2H3,(H,22,25)(H,23,24). The molecule has 0 radical (unpaired) electrons. The highest BCUT2D eigenvalue weighted by atomic mass is 16.5. The van der Waals surface area contributed by atoms with Gasteiger partial charge in [-0.2, -0.15) is 0 Å². The number of carbonyl (C=O) groups excluding carboxylic acids is 1. The minimum absolute atomic E-state index is 0.258. The lowest BCUT2D eigenvalue weighted by Crippen LogP contribution is -2.28. The molecule has 0 unspecified atom stereocenters. The van der Waals surface area contributed by atoms with Gasteiger partial charge in [-0.15, -0.1) is 0 Å². The quantitative estimate of drug-likeness (QED) is 0.670. The van der Waals surface area contributed by atoms with Crippen molar-refractivity contribution in [1.29, 1.82) is 0 Å². The van der Waals surface area contributed by atoms with Crippen molar-refractivity contribution in [2.75, 3.05) is 13.2 Å². The highest BCUT2D eigenvalue weighted by Gasteiger charge is 2.09. The molecule has 3 rings (SSSR count). The van der Waals surface area contributed by atoms with Crippen molar-refractivity contribution in [3.05, 3.63) is 75.7 Å². The van der Waals surface area contributed by atoms with Crippen LogP contribution in [0.25, 0.3) is 10.8 Å². The number of para-hydroxylation sites is 1. The second-order valence-corrected chi connectivity index (χ2v) is 6.28. The number of aromatic amines is 1. The lowest BCUT2D eigenvalue weighted by molar-refractivity contribution is 0.0946. The number of ether oxygens (including phenoxy) is 1. The number of rotatable bonds is 6. The fourth-order valence-electron chi connectivity index (χ4n) is 2.90. The van der Waals surface area contributed by atoms with Crippen molar-refractivity contribution >= 4 is 16.7 Å². The van der Waals surface area contributed by atoms with E-state index in [2.05, 4.69) is 10.3 Å². The van der Waals surface area contributed by atoms with Crippen LogP contribution in [-0.2, 0) is 0 Å². The van der Waals surface area contributed by atoms with Gasteiger partial charge in [-0.25, -0.2) is 0 Å². The van der Waals surface area contributed by atoms with Crippen molar-refractivity contribution in [2.45, 2.75) is 20.3 Å². The largest absolute Gasteiger partial charge is 0.493 e. The second kappa shape index (κ2) is 7.87. The van der Waals surface area contributed by atoms with Crippen molar-refractivity contribution < 1.29 is 9.53 Å². The molecule has 134 valence electrons. The number of aromatic nitrogens is 1. The Labute approximate surface area is 152 Å². The Balaban J connectivity index is 1.54. The maximum Gasteiger partial charge on any atom is 0.267 e. The van der Waals surface area contributed by atoms with Gasteiger partial charge in [0.05, 0.1) is 6.61 Å². The molecule has 26 heavy (non-hydrogen) atoms. The van der Waals surface area contributed by atoms with Crippen LogP contribution in [0.4, 0.5) is 0 Å². The molecule has 1 amide bonds. The smallest absolute Gasteiger partial charge is 0.267 e. The molecular formula is C21H22N2O3. The van der Waals surface area contributed by atoms with Gasteiger partial charge in [0.2, 0.25) is 0 Å². The van der Waals surface area contributed by atoms with Crippen LogP contribution in [0.5, 0.6) is 5.75 Å². The molecule has 0 aliphatic rings. The monoisotopic (exact) mass is 350 g/mol. The third-order valence-electron chi connectivity index (χ3n) is 4.26. The van der Waals surface area contributed by atoms with Crippen LogP contribution in [0.2, 0.25) is 0 Å². The Kier molecular flexibility index (Phi) is 5.37. The molecule has 0 aliphatic carbocycles. The summed E-state index contributed by atoms with van der Waals surface area (Å²) >= 11 is 0. The van der Waals surface area contributed by atoms with E-state index in [1.54, 1.807) is 18.2 Å². The molecule has 0 bridgehead atoms. The predicted octanol–water partition coefficient (Wildman–Crippen LogP) is 3.34. The molecule has 0 saturated heterocycles. The van der Waals surface area contributed by atoms with Crippen molar-refractivity contribution in [3.8, 4) is 5.75 Å². The number of hydrogen-bond acceptors (Lipinski definition) is 3. The Hall–Kier alpha value is -3.08. The predicted molar refractivity (Wildman–Crippen MR) is 103 cm³/mol. The van der Waals surface area contributed by atoms with Crippen molar-refractivity contribution in [2.24, 2.45) is 0 Å². The fraction of sp³-hybridized carbons (Fsp3) is 0.238. The number of fused-ring (bicyclic) bond motifs is 1. The molecule has 0 aliphatic heterocycles. The number of H-pyrrole nitrogens is 1. The van der Waals surface area contributed by atoms with Crippen LogP contribution in [0.3, 0.4) is 0 Å². The van der Waals surface area contributed by atoms with Gasteiger partial charge in [-0.1, -0.05) is 36.4 Å². The molecule has 5 nitrogen and oxygen atoms in total. The van der Waals surface area contributed by atoms with E-state index in [9.17, 15) is 9.59 Å². The summed E-state index contributed by atoms with van der Waals surface area (Å²) in [5, 5.41) is 4.14.